The van der Waals surface area contributed by atoms with E-state index in [1.165, 1.54) is 37.7 Å². The molecule has 0 aliphatic rings. The Hall–Kier alpha value is 0.330. The van der Waals surface area contributed by atoms with Gasteiger partial charge in [-0.15, -0.1) is 0 Å². The van der Waals surface area contributed by atoms with Gasteiger partial charge < -0.3 is 14.7 Å². The first-order chi connectivity index (χ1) is 7.93. The average Bonchev–Trinajstić information content (AvgIpc) is 2.24. The van der Waals surface area contributed by atoms with Gasteiger partial charge in [-0.2, -0.15) is 35.9 Å². The smallest absolute Gasteiger partial charge is 0.303 e. The molecule has 98 valence electrons. The minimum atomic E-state index is -4.64. The molecule has 0 saturated carbocycles. The molecule has 0 amide bonds. The maximum absolute atomic E-state index is 8.88. The summed E-state index contributed by atoms with van der Waals surface area (Å²) in [5.74, 6) is 0. The quantitative estimate of drug-likeness (QED) is 0.299. The van der Waals surface area contributed by atoms with E-state index in [9.17, 15) is 0 Å². The molecule has 18 heavy (non-hydrogen) atoms. The number of aryl methyl sites for hydroxylation is 1. The Balaban J connectivity index is 0. The monoisotopic (exact) mass is 282 g/mol. The van der Waals surface area contributed by atoms with Crippen LogP contribution in [0.5, 0.6) is 0 Å². The minimum absolute atomic E-state index is 0. The first-order valence-corrected chi connectivity index (χ1v) is 7.23. The van der Waals surface area contributed by atoms with Crippen LogP contribution in [-0.4, -0.2) is 14.7 Å². The van der Waals surface area contributed by atoms with Crippen molar-refractivity contribution in [3.05, 3.63) is 35.9 Å². The summed E-state index contributed by atoms with van der Waals surface area (Å²) in [6.45, 7) is 2.25. The van der Waals surface area contributed by atoms with Crippen molar-refractivity contribution in [3.8, 4) is 0 Å². The Morgan fingerprint density at radius 3 is 2.06 bits per heavy atom. The summed E-state index contributed by atoms with van der Waals surface area (Å²) in [5, 5.41) is 0. The summed E-state index contributed by atoms with van der Waals surface area (Å²) in [6, 6.07) is 11.3. The molecule has 0 radical (unpaired) electrons. The molecule has 0 unspecified atom stereocenters. The van der Waals surface area contributed by atoms with E-state index >= 15 is 0 Å². The van der Waals surface area contributed by atoms with Crippen LogP contribution in [0.1, 0.15) is 38.2 Å². The number of phosphoric acid groups is 1. The summed E-state index contributed by atoms with van der Waals surface area (Å²) in [4.78, 5) is 21.6. The van der Waals surface area contributed by atoms with Crippen LogP contribution < -0.4 is 29.6 Å². The van der Waals surface area contributed by atoms with Crippen molar-refractivity contribution < 1.29 is 48.8 Å². The Bertz CT molecular complexity index is 318. The van der Waals surface area contributed by atoms with Crippen molar-refractivity contribution in [2.24, 2.45) is 0 Å². The van der Waals surface area contributed by atoms with Crippen LogP contribution in [0.15, 0.2) is 24.3 Å². The largest absolute Gasteiger partial charge is 1.00 e. The molecule has 4 nitrogen and oxygen atoms in total. The van der Waals surface area contributed by atoms with Gasteiger partial charge in [0.2, 0.25) is 0 Å². The molecule has 0 spiro atoms. The fourth-order valence-electron chi connectivity index (χ4n) is 1.34. The molecule has 3 N–H and O–H groups in total. The van der Waals surface area contributed by atoms with E-state index in [4.69, 9.17) is 19.2 Å². The van der Waals surface area contributed by atoms with Crippen molar-refractivity contribution in [1.82, 2.24) is 0 Å². The summed E-state index contributed by atoms with van der Waals surface area (Å²) < 4.78 is 8.88. The Morgan fingerprint density at radius 2 is 1.61 bits per heavy atom. The van der Waals surface area contributed by atoms with Crippen molar-refractivity contribution in [2.45, 2.75) is 39.0 Å². The van der Waals surface area contributed by atoms with Crippen LogP contribution in [-0.2, 0) is 11.0 Å². The van der Waals surface area contributed by atoms with Gasteiger partial charge in [-0.1, -0.05) is 39.0 Å². The molecule has 0 saturated heterocycles. The molecule has 6 heteroatoms. The molecule has 0 aromatic heterocycles. The SMILES string of the molecule is CCCCCCc1cc[c-]cc1.O=P(O)(O)O.[Na+]. The van der Waals surface area contributed by atoms with E-state index in [2.05, 4.69) is 25.1 Å². The maximum atomic E-state index is 8.88. The Morgan fingerprint density at radius 1 is 1.11 bits per heavy atom. The first-order valence-electron chi connectivity index (χ1n) is 5.66. The fourth-order valence-corrected chi connectivity index (χ4v) is 1.34. The van der Waals surface area contributed by atoms with Gasteiger partial charge in [0.25, 0.3) is 0 Å². The molecule has 0 bridgehead atoms. The van der Waals surface area contributed by atoms with Gasteiger partial charge in [0.15, 0.2) is 0 Å². The predicted molar refractivity (Wildman–Crippen MR) is 67.4 cm³/mol. The second kappa shape index (κ2) is 12.4. The number of benzene rings is 1. The third kappa shape index (κ3) is 18.7. The van der Waals surface area contributed by atoms with Crippen LogP contribution in [0.4, 0.5) is 0 Å². The zero-order chi connectivity index (χ0) is 13.1. The standard InChI is InChI=1S/C12H17.Na.H3O4P/c1-2-3-4-6-9-12-10-7-5-8-11-12;;1-5(2,3)4/h7-8,10-11H,2-4,6,9H2,1H3;;(H3,1,2,3,4)/q-1;+1;. The second-order valence-electron chi connectivity index (χ2n) is 3.73. The molecule has 1 aromatic carbocycles. The van der Waals surface area contributed by atoms with Gasteiger partial charge in [-0.3, -0.25) is 0 Å². The number of hydrogen-bond acceptors (Lipinski definition) is 1. The molecular weight excluding hydrogens is 262 g/mol. The number of hydrogen-bond donors (Lipinski definition) is 3. The van der Waals surface area contributed by atoms with Crippen LogP contribution in [0, 0.1) is 6.07 Å². The number of unbranched alkanes of at least 4 members (excludes halogenated alkanes) is 3. The Labute approximate surface area is 131 Å². The van der Waals surface area contributed by atoms with E-state index in [1.807, 2.05) is 12.1 Å². The molecule has 1 aromatic rings. The van der Waals surface area contributed by atoms with Gasteiger partial charge in [-0.25, -0.2) is 4.57 Å². The minimum Gasteiger partial charge on any atom is -0.303 e. The van der Waals surface area contributed by atoms with Crippen LogP contribution in [0.2, 0.25) is 0 Å². The predicted octanol–water partition coefficient (Wildman–Crippen LogP) is -0.315. The van der Waals surface area contributed by atoms with E-state index < -0.39 is 7.82 Å². The van der Waals surface area contributed by atoms with Crippen molar-refractivity contribution in [1.29, 1.82) is 0 Å². The molecular formula is C12H20NaO4P. The summed E-state index contributed by atoms with van der Waals surface area (Å²) >= 11 is 0. The van der Waals surface area contributed by atoms with E-state index in [0.717, 1.165) is 0 Å². The molecule has 1 rings (SSSR count). The molecule has 0 atom stereocenters. The van der Waals surface area contributed by atoms with E-state index in [-0.39, 0.29) is 29.6 Å². The van der Waals surface area contributed by atoms with Gasteiger partial charge in [0.05, 0.1) is 0 Å². The molecule has 0 heterocycles. The van der Waals surface area contributed by atoms with Gasteiger partial charge in [0, 0.05) is 0 Å². The Kier molecular flexibility index (Phi) is 14.2. The van der Waals surface area contributed by atoms with Crippen LogP contribution >= 0.6 is 7.82 Å². The van der Waals surface area contributed by atoms with Crippen LogP contribution in [0.25, 0.3) is 0 Å². The zero-order valence-corrected chi connectivity index (χ0v) is 13.9. The van der Waals surface area contributed by atoms with Gasteiger partial charge in [-0.05, 0) is 0 Å². The maximum Gasteiger partial charge on any atom is 1.00 e. The first kappa shape index (κ1) is 20.6. The second-order valence-corrected chi connectivity index (χ2v) is 4.76. The van der Waals surface area contributed by atoms with Gasteiger partial charge in [0.1, 0.15) is 0 Å². The molecule has 0 aliphatic heterocycles. The number of rotatable bonds is 5. The van der Waals surface area contributed by atoms with Crippen molar-refractivity contribution >= 4 is 7.82 Å². The third-order valence-corrected chi connectivity index (χ3v) is 2.11. The van der Waals surface area contributed by atoms with Crippen molar-refractivity contribution in [3.63, 3.8) is 0 Å². The van der Waals surface area contributed by atoms with E-state index in [0.29, 0.717) is 0 Å². The molecule has 0 aliphatic carbocycles. The average molecular weight is 282 g/mol. The normalized spacial score (nSPS) is 10.0. The topological polar surface area (TPSA) is 77.8 Å². The summed E-state index contributed by atoms with van der Waals surface area (Å²) in [6.07, 6.45) is 6.63. The summed E-state index contributed by atoms with van der Waals surface area (Å²) in [5.41, 5.74) is 1.45. The zero-order valence-electron chi connectivity index (χ0n) is 11.0. The van der Waals surface area contributed by atoms with Crippen LogP contribution in [0.3, 0.4) is 0 Å². The molecule has 0 fully saturated rings. The fraction of sp³-hybridized carbons (Fsp3) is 0.500. The summed E-state index contributed by atoms with van der Waals surface area (Å²) in [7, 11) is -4.64. The van der Waals surface area contributed by atoms with E-state index in [1.54, 1.807) is 0 Å². The van der Waals surface area contributed by atoms with Crippen molar-refractivity contribution in [2.75, 3.05) is 0 Å². The third-order valence-electron chi connectivity index (χ3n) is 2.11. The van der Waals surface area contributed by atoms with Gasteiger partial charge >= 0.3 is 37.4 Å².